The molecule has 1 N–H and O–H groups in total. The predicted molar refractivity (Wildman–Crippen MR) is 59.6 cm³/mol. The Bertz CT molecular complexity index is 185. The number of nitrogens with one attached hydrogen (secondary N) is 1. The number of hydrogen-bond donors (Lipinski definition) is 1. The summed E-state index contributed by atoms with van der Waals surface area (Å²) < 4.78 is 0. The summed E-state index contributed by atoms with van der Waals surface area (Å²) in [6.45, 7) is 2.21. The maximum atomic E-state index is 4.42. The summed E-state index contributed by atoms with van der Waals surface area (Å²) in [5.41, 5.74) is 0. The van der Waals surface area contributed by atoms with Crippen molar-refractivity contribution in [1.82, 2.24) is 5.32 Å². The lowest BCUT2D eigenvalue weighted by Crippen LogP contribution is -2.29. The van der Waals surface area contributed by atoms with Crippen LogP contribution in [0.4, 0.5) is 0 Å². The number of nitrogens with zero attached hydrogens (tertiary/aromatic N) is 1. The highest BCUT2D eigenvalue weighted by Crippen LogP contribution is 2.21. The summed E-state index contributed by atoms with van der Waals surface area (Å²) in [4.78, 5) is 4.42. The van der Waals surface area contributed by atoms with E-state index >= 15 is 0 Å². The van der Waals surface area contributed by atoms with Gasteiger partial charge in [0.25, 0.3) is 0 Å². The fourth-order valence-electron chi connectivity index (χ4n) is 1.90. The minimum atomic E-state index is 0.907. The SMILES string of the molecule is C1CN=C(NCC2CCSCC2)C1. The first kappa shape index (κ1) is 9.38. The maximum absolute atomic E-state index is 4.42. The Morgan fingerprint density at radius 3 is 2.92 bits per heavy atom. The van der Waals surface area contributed by atoms with Crippen molar-refractivity contribution >= 4 is 17.6 Å². The molecule has 74 valence electrons. The molecule has 0 radical (unpaired) electrons. The highest BCUT2D eigenvalue weighted by atomic mass is 32.2. The Labute approximate surface area is 84.6 Å². The molecule has 0 aromatic rings. The first-order valence-electron chi connectivity index (χ1n) is 5.30. The van der Waals surface area contributed by atoms with Gasteiger partial charge in [-0.15, -0.1) is 0 Å². The van der Waals surface area contributed by atoms with Crippen LogP contribution in [-0.2, 0) is 0 Å². The van der Waals surface area contributed by atoms with E-state index in [0.717, 1.165) is 12.5 Å². The summed E-state index contributed by atoms with van der Waals surface area (Å²) in [6, 6.07) is 0. The summed E-state index contributed by atoms with van der Waals surface area (Å²) in [6.07, 6.45) is 5.22. The van der Waals surface area contributed by atoms with Crippen molar-refractivity contribution < 1.29 is 0 Å². The predicted octanol–water partition coefficient (Wildman–Crippen LogP) is 1.91. The van der Waals surface area contributed by atoms with E-state index in [1.54, 1.807) is 0 Å². The Kier molecular flexibility index (Phi) is 3.53. The van der Waals surface area contributed by atoms with E-state index in [2.05, 4.69) is 22.1 Å². The van der Waals surface area contributed by atoms with Gasteiger partial charge in [-0.05, 0) is 36.7 Å². The highest BCUT2D eigenvalue weighted by Gasteiger charge is 2.14. The molecule has 2 rings (SSSR count). The van der Waals surface area contributed by atoms with Gasteiger partial charge in [0.15, 0.2) is 0 Å². The van der Waals surface area contributed by atoms with Crippen LogP contribution in [0.1, 0.15) is 25.7 Å². The molecule has 1 saturated heterocycles. The van der Waals surface area contributed by atoms with Crippen LogP contribution in [0.15, 0.2) is 4.99 Å². The molecule has 2 aliphatic heterocycles. The largest absolute Gasteiger partial charge is 0.374 e. The van der Waals surface area contributed by atoms with Gasteiger partial charge in [-0.25, -0.2) is 0 Å². The summed E-state index contributed by atoms with van der Waals surface area (Å²) >= 11 is 2.10. The molecule has 0 saturated carbocycles. The third-order valence-corrected chi connectivity index (χ3v) is 3.86. The van der Waals surface area contributed by atoms with Crippen LogP contribution >= 0.6 is 11.8 Å². The zero-order valence-electron chi connectivity index (χ0n) is 8.09. The summed E-state index contributed by atoms with van der Waals surface area (Å²) in [5, 5.41) is 3.49. The molecule has 2 heterocycles. The zero-order chi connectivity index (χ0) is 8.93. The number of aliphatic imine (C=N–C) groups is 1. The Morgan fingerprint density at radius 2 is 2.23 bits per heavy atom. The minimum absolute atomic E-state index is 0.907. The number of hydrogen-bond acceptors (Lipinski definition) is 3. The molecule has 0 bridgehead atoms. The normalized spacial score (nSPS) is 24.5. The molecule has 0 unspecified atom stereocenters. The van der Waals surface area contributed by atoms with E-state index in [4.69, 9.17) is 0 Å². The van der Waals surface area contributed by atoms with Crippen LogP contribution in [0, 0.1) is 5.92 Å². The second-order valence-corrected chi connectivity index (χ2v) is 5.09. The summed E-state index contributed by atoms with van der Waals surface area (Å²) in [5.74, 6) is 4.89. The van der Waals surface area contributed by atoms with Crippen LogP contribution in [0.2, 0.25) is 0 Å². The third-order valence-electron chi connectivity index (χ3n) is 2.81. The Hall–Kier alpha value is -0.180. The lowest BCUT2D eigenvalue weighted by molar-refractivity contribution is 0.481. The maximum Gasteiger partial charge on any atom is 0.0963 e. The lowest BCUT2D eigenvalue weighted by atomic mass is 10.0. The minimum Gasteiger partial charge on any atom is -0.374 e. The molecule has 13 heavy (non-hydrogen) atoms. The van der Waals surface area contributed by atoms with Gasteiger partial charge in [-0.3, -0.25) is 4.99 Å². The molecule has 0 atom stereocenters. The first-order valence-corrected chi connectivity index (χ1v) is 6.45. The quantitative estimate of drug-likeness (QED) is 0.733. The van der Waals surface area contributed by atoms with Gasteiger partial charge >= 0.3 is 0 Å². The van der Waals surface area contributed by atoms with Crippen LogP contribution in [0.5, 0.6) is 0 Å². The molecule has 2 aliphatic rings. The van der Waals surface area contributed by atoms with Crippen molar-refractivity contribution in [2.24, 2.45) is 10.9 Å². The summed E-state index contributed by atoms with van der Waals surface area (Å²) in [7, 11) is 0. The van der Waals surface area contributed by atoms with E-state index in [9.17, 15) is 0 Å². The van der Waals surface area contributed by atoms with E-state index < -0.39 is 0 Å². The van der Waals surface area contributed by atoms with Crippen LogP contribution in [0.25, 0.3) is 0 Å². The highest BCUT2D eigenvalue weighted by molar-refractivity contribution is 7.99. The molecular weight excluding hydrogens is 180 g/mol. The van der Waals surface area contributed by atoms with Gasteiger partial charge < -0.3 is 5.32 Å². The van der Waals surface area contributed by atoms with Gasteiger partial charge in [-0.1, -0.05) is 0 Å². The van der Waals surface area contributed by atoms with Crippen LogP contribution in [-0.4, -0.2) is 30.4 Å². The molecule has 0 amide bonds. The molecule has 1 fully saturated rings. The average Bonchev–Trinajstić information content (AvgIpc) is 2.69. The van der Waals surface area contributed by atoms with Crippen LogP contribution < -0.4 is 5.32 Å². The topological polar surface area (TPSA) is 24.4 Å². The van der Waals surface area contributed by atoms with E-state index in [1.165, 1.54) is 49.6 Å². The second kappa shape index (κ2) is 4.89. The van der Waals surface area contributed by atoms with Gasteiger partial charge in [-0.2, -0.15) is 11.8 Å². The second-order valence-electron chi connectivity index (χ2n) is 3.87. The lowest BCUT2D eigenvalue weighted by Gasteiger charge is -2.21. The van der Waals surface area contributed by atoms with Crippen molar-refractivity contribution in [2.75, 3.05) is 24.6 Å². The Morgan fingerprint density at radius 1 is 1.38 bits per heavy atom. The van der Waals surface area contributed by atoms with Crippen molar-refractivity contribution in [3.63, 3.8) is 0 Å². The average molecular weight is 198 g/mol. The van der Waals surface area contributed by atoms with E-state index in [1.807, 2.05) is 0 Å². The van der Waals surface area contributed by atoms with Gasteiger partial charge in [0.2, 0.25) is 0 Å². The van der Waals surface area contributed by atoms with Crippen LogP contribution in [0.3, 0.4) is 0 Å². The zero-order valence-corrected chi connectivity index (χ0v) is 8.91. The molecule has 3 heteroatoms. The molecular formula is C10H18N2S. The molecule has 0 spiro atoms. The van der Waals surface area contributed by atoms with Crippen molar-refractivity contribution in [3.8, 4) is 0 Å². The molecule has 0 aliphatic carbocycles. The number of thioether (sulfide) groups is 1. The van der Waals surface area contributed by atoms with Crippen molar-refractivity contribution in [1.29, 1.82) is 0 Å². The molecule has 2 nitrogen and oxygen atoms in total. The number of rotatable bonds is 2. The van der Waals surface area contributed by atoms with Crippen molar-refractivity contribution in [3.05, 3.63) is 0 Å². The third kappa shape index (κ3) is 2.90. The number of amidine groups is 1. The van der Waals surface area contributed by atoms with E-state index in [0.29, 0.717) is 0 Å². The van der Waals surface area contributed by atoms with Crippen molar-refractivity contribution in [2.45, 2.75) is 25.7 Å². The standard InChI is InChI=1S/C10H18N2S/c1-2-10(11-5-1)12-8-9-3-6-13-7-4-9/h9H,1-8H2,(H,11,12). The Balaban J connectivity index is 1.66. The first-order chi connectivity index (χ1) is 6.45. The fourth-order valence-corrected chi connectivity index (χ4v) is 3.10. The van der Waals surface area contributed by atoms with Gasteiger partial charge in [0.1, 0.15) is 0 Å². The van der Waals surface area contributed by atoms with E-state index in [-0.39, 0.29) is 0 Å². The smallest absolute Gasteiger partial charge is 0.0963 e. The van der Waals surface area contributed by atoms with Gasteiger partial charge in [0, 0.05) is 19.5 Å². The monoisotopic (exact) mass is 198 g/mol. The van der Waals surface area contributed by atoms with Gasteiger partial charge in [0.05, 0.1) is 5.84 Å². The fraction of sp³-hybridized carbons (Fsp3) is 0.900. The molecule has 0 aromatic heterocycles. The molecule has 0 aromatic carbocycles.